The Bertz CT molecular complexity index is 333. The van der Waals surface area contributed by atoms with Gasteiger partial charge in [-0.05, 0) is 44.9 Å². The highest BCUT2D eigenvalue weighted by Gasteiger charge is 2.16. The Labute approximate surface area is 92.8 Å². The number of hydrogen-bond acceptors (Lipinski definition) is 1. The molecule has 1 rings (SSSR count). The largest absolute Gasteiger partial charge is 0.488 e. The standard InChI is InChI=1S/C14H20O/c1-6-14(4,5)15-13-9-7-12(8-10-13)11(2)3/h7-10H,2,6H2,1,3-5H3. The molecule has 0 aliphatic heterocycles. The van der Waals surface area contributed by atoms with Crippen LogP contribution in [0.15, 0.2) is 30.8 Å². The second-order valence-corrected chi connectivity index (χ2v) is 4.52. The van der Waals surface area contributed by atoms with E-state index in [0.29, 0.717) is 0 Å². The summed E-state index contributed by atoms with van der Waals surface area (Å²) in [5, 5.41) is 0. The van der Waals surface area contributed by atoms with Crippen LogP contribution in [-0.2, 0) is 0 Å². The van der Waals surface area contributed by atoms with Crippen molar-refractivity contribution in [1.29, 1.82) is 0 Å². The molecule has 0 atom stereocenters. The van der Waals surface area contributed by atoms with Gasteiger partial charge >= 0.3 is 0 Å². The molecule has 1 heteroatoms. The van der Waals surface area contributed by atoms with Crippen molar-refractivity contribution >= 4 is 5.57 Å². The second-order valence-electron chi connectivity index (χ2n) is 4.52. The van der Waals surface area contributed by atoms with E-state index in [1.54, 1.807) is 0 Å². The monoisotopic (exact) mass is 204 g/mol. The van der Waals surface area contributed by atoms with Crippen molar-refractivity contribution in [3.05, 3.63) is 36.4 Å². The van der Waals surface area contributed by atoms with Crippen LogP contribution in [0.5, 0.6) is 5.75 Å². The van der Waals surface area contributed by atoms with Crippen molar-refractivity contribution in [3.8, 4) is 5.75 Å². The summed E-state index contributed by atoms with van der Waals surface area (Å²) in [5.74, 6) is 0.923. The van der Waals surface area contributed by atoms with Crippen LogP contribution in [0.4, 0.5) is 0 Å². The number of ether oxygens (including phenoxy) is 1. The Kier molecular flexibility index (Phi) is 3.57. The summed E-state index contributed by atoms with van der Waals surface area (Å²) in [7, 11) is 0. The second kappa shape index (κ2) is 4.52. The quantitative estimate of drug-likeness (QED) is 0.711. The van der Waals surface area contributed by atoms with Gasteiger partial charge in [0, 0.05) is 0 Å². The van der Waals surface area contributed by atoms with Crippen molar-refractivity contribution in [1.82, 2.24) is 0 Å². The molecule has 0 aromatic heterocycles. The predicted molar refractivity (Wildman–Crippen MR) is 66.1 cm³/mol. The minimum atomic E-state index is -0.0925. The SMILES string of the molecule is C=C(C)c1ccc(OC(C)(C)CC)cc1. The third-order valence-electron chi connectivity index (χ3n) is 2.59. The number of rotatable bonds is 4. The van der Waals surface area contributed by atoms with Crippen LogP contribution in [0.25, 0.3) is 5.57 Å². The normalized spacial score (nSPS) is 11.2. The number of hydrogen-bond donors (Lipinski definition) is 0. The first kappa shape index (κ1) is 11.8. The molecule has 0 saturated heterocycles. The highest BCUT2D eigenvalue weighted by atomic mass is 16.5. The van der Waals surface area contributed by atoms with E-state index in [1.807, 2.05) is 31.2 Å². The van der Waals surface area contributed by atoms with Crippen LogP contribution < -0.4 is 4.74 Å². The van der Waals surface area contributed by atoms with E-state index in [9.17, 15) is 0 Å². The minimum Gasteiger partial charge on any atom is -0.488 e. The van der Waals surface area contributed by atoms with Gasteiger partial charge in [0.25, 0.3) is 0 Å². The van der Waals surface area contributed by atoms with Crippen LogP contribution in [0.1, 0.15) is 39.7 Å². The molecule has 1 aromatic carbocycles. The molecule has 0 aliphatic carbocycles. The molecule has 1 aromatic rings. The van der Waals surface area contributed by atoms with Crippen molar-refractivity contribution in [3.63, 3.8) is 0 Å². The van der Waals surface area contributed by atoms with Crippen LogP contribution in [0.2, 0.25) is 0 Å². The summed E-state index contributed by atoms with van der Waals surface area (Å²) in [4.78, 5) is 0. The molecule has 0 bridgehead atoms. The van der Waals surface area contributed by atoms with Crippen molar-refractivity contribution in [2.75, 3.05) is 0 Å². The fourth-order valence-electron chi connectivity index (χ4n) is 1.20. The average molecular weight is 204 g/mol. The smallest absolute Gasteiger partial charge is 0.120 e. The maximum Gasteiger partial charge on any atom is 0.120 e. The Balaban J connectivity index is 2.77. The maximum absolute atomic E-state index is 5.86. The van der Waals surface area contributed by atoms with Crippen molar-refractivity contribution in [2.45, 2.75) is 39.7 Å². The molecule has 0 aliphatic rings. The summed E-state index contributed by atoms with van der Waals surface area (Å²) < 4.78 is 5.86. The zero-order chi connectivity index (χ0) is 11.5. The molecular formula is C14H20O. The van der Waals surface area contributed by atoms with Crippen LogP contribution in [0, 0.1) is 0 Å². The first-order chi connectivity index (χ1) is 6.94. The molecule has 0 heterocycles. The van der Waals surface area contributed by atoms with E-state index in [2.05, 4.69) is 27.4 Å². The van der Waals surface area contributed by atoms with Crippen LogP contribution >= 0.6 is 0 Å². The molecule has 0 fully saturated rings. The van der Waals surface area contributed by atoms with Crippen LogP contribution in [-0.4, -0.2) is 5.60 Å². The molecule has 0 saturated carbocycles. The number of allylic oxidation sites excluding steroid dienone is 1. The van der Waals surface area contributed by atoms with Crippen molar-refractivity contribution in [2.24, 2.45) is 0 Å². The van der Waals surface area contributed by atoms with Gasteiger partial charge in [-0.25, -0.2) is 0 Å². The lowest BCUT2D eigenvalue weighted by Crippen LogP contribution is -2.26. The third kappa shape index (κ3) is 3.43. The molecule has 1 nitrogen and oxygen atoms in total. The maximum atomic E-state index is 5.86. The highest BCUT2D eigenvalue weighted by Crippen LogP contribution is 2.22. The average Bonchev–Trinajstić information content (AvgIpc) is 2.18. The fraction of sp³-hybridized carbons (Fsp3) is 0.429. The van der Waals surface area contributed by atoms with E-state index in [-0.39, 0.29) is 5.60 Å². The zero-order valence-electron chi connectivity index (χ0n) is 10.1. The zero-order valence-corrected chi connectivity index (χ0v) is 10.1. The lowest BCUT2D eigenvalue weighted by molar-refractivity contribution is 0.105. The minimum absolute atomic E-state index is 0.0925. The molecule has 15 heavy (non-hydrogen) atoms. The predicted octanol–water partition coefficient (Wildman–Crippen LogP) is 4.29. The molecule has 0 unspecified atom stereocenters. The first-order valence-electron chi connectivity index (χ1n) is 5.39. The molecule has 82 valence electrons. The Morgan fingerprint density at radius 1 is 1.27 bits per heavy atom. The third-order valence-corrected chi connectivity index (χ3v) is 2.59. The van der Waals surface area contributed by atoms with E-state index in [4.69, 9.17) is 4.74 Å². The lowest BCUT2D eigenvalue weighted by Gasteiger charge is -2.24. The Morgan fingerprint density at radius 3 is 2.20 bits per heavy atom. The van der Waals surface area contributed by atoms with Gasteiger partial charge in [-0.3, -0.25) is 0 Å². The van der Waals surface area contributed by atoms with E-state index in [1.165, 1.54) is 0 Å². The van der Waals surface area contributed by atoms with Crippen molar-refractivity contribution < 1.29 is 4.74 Å². The molecular weight excluding hydrogens is 184 g/mol. The van der Waals surface area contributed by atoms with E-state index in [0.717, 1.165) is 23.3 Å². The van der Waals surface area contributed by atoms with Gasteiger partial charge in [0.05, 0.1) is 0 Å². The van der Waals surface area contributed by atoms with Gasteiger partial charge in [0.1, 0.15) is 11.4 Å². The van der Waals surface area contributed by atoms with Gasteiger partial charge in [0.15, 0.2) is 0 Å². The topological polar surface area (TPSA) is 9.23 Å². The molecule has 0 spiro atoms. The fourth-order valence-corrected chi connectivity index (χ4v) is 1.20. The van der Waals surface area contributed by atoms with Gasteiger partial charge in [-0.15, -0.1) is 0 Å². The van der Waals surface area contributed by atoms with Gasteiger partial charge in [0.2, 0.25) is 0 Å². The molecule has 0 amide bonds. The number of benzene rings is 1. The summed E-state index contributed by atoms with van der Waals surface area (Å²) in [6.45, 7) is 12.2. The Hall–Kier alpha value is -1.24. The summed E-state index contributed by atoms with van der Waals surface area (Å²) in [6.07, 6.45) is 0.995. The highest BCUT2D eigenvalue weighted by molar-refractivity contribution is 5.61. The van der Waals surface area contributed by atoms with E-state index < -0.39 is 0 Å². The van der Waals surface area contributed by atoms with Crippen LogP contribution in [0.3, 0.4) is 0 Å². The lowest BCUT2D eigenvalue weighted by atomic mass is 10.1. The summed E-state index contributed by atoms with van der Waals surface area (Å²) in [5.41, 5.74) is 2.15. The van der Waals surface area contributed by atoms with E-state index >= 15 is 0 Å². The first-order valence-corrected chi connectivity index (χ1v) is 5.39. The Morgan fingerprint density at radius 2 is 1.80 bits per heavy atom. The summed E-state index contributed by atoms with van der Waals surface area (Å²) >= 11 is 0. The summed E-state index contributed by atoms with van der Waals surface area (Å²) in [6, 6.07) is 8.09. The molecule has 0 radical (unpaired) electrons. The van der Waals surface area contributed by atoms with Gasteiger partial charge in [-0.1, -0.05) is 31.2 Å². The van der Waals surface area contributed by atoms with Gasteiger partial charge < -0.3 is 4.74 Å². The van der Waals surface area contributed by atoms with Gasteiger partial charge in [-0.2, -0.15) is 0 Å². The molecule has 0 N–H and O–H groups in total.